The number of benzene rings is 2. The minimum atomic E-state index is -3.94. The zero-order valence-electron chi connectivity index (χ0n) is 13.0. The minimum absolute atomic E-state index is 0.159. The molecule has 0 atom stereocenters. The number of H-pyrrole nitrogens is 1. The van der Waals surface area contributed by atoms with Crippen LogP contribution in [0.5, 0.6) is 0 Å². The third kappa shape index (κ3) is 2.71. The van der Waals surface area contributed by atoms with Gasteiger partial charge in [-0.15, -0.1) is 0 Å². The number of anilines is 1. The molecule has 0 unspecified atom stereocenters. The van der Waals surface area contributed by atoms with Crippen molar-refractivity contribution in [1.29, 1.82) is 0 Å². The highest BCUT2D eigenvalue weighted by atomic mass is 32.2. The Bertz CT molecular complexity index is 1050. The number of nitrogens with zero attached hydrogens (tertiary/aromatic N) is 1. The van der Waals surface area contributed by atoms with Crippen molar-refractivity contribution in [3.63, 3.8) is 0 Å². The molecule has 0 aliphatic heterocycles. The SMILES string of the molecule is Cc1ccc(NS(=O)(=O)c2cccc([N+](=O)[O-])c2)c2[nH]cc(C)c12. The molecule has 0 radical (unpaired) electrons. The number of nitro groups is 1. The molecule has 0 spiro atoms. The molecule has 7 nitrogen and oxygen atoms in total. The third-order valence-electron chi connectivity index (χ3n) is 3.82. The zero-order chi connectivity index (χ0) is 17.5. The summed E-state index contributed by atoms with van der Waals surface area (Å²) >= 11 is 0. The number of nitrogens with one attached hydrogen (secondary N) is 2. The van der Waals surface area contributed by atoms with Gasteiger partial charge in [0.15, 0.2) is 0 Å². The van der Waals surface area contributed by atoms with Crippen molar-refractivity contribution in [2.75, 3.05) is 4.72 Å². The highest BCUT2D eigenvalue weighted by Gasteiger charge is 2.19. The summed E-state index contributed by atoms with van der Waals surface area (Å²) in [4.78, 5) is 13.1. The third-order valence-corrected chi connectivity index (χ3v) is 5.19. The molecule has 124 valence electrons. The highest BCUT2D eigenvalue weighted by Crippen LogP contribution is 2.30. The van der Waals surface area contributed by atoms with Crippen LogP contribution in [-0.4, -0.2) is 18.3 Å². The number of non-ortho nitro benzene ring substituents is 1. The quantitative estimate of drug-likeness (QED) is 0.557. The van der Waals surface area contributed by atoms with Crippen LogP contribution >= 0.6 is 0 Å². The maximum atomic E-state index is 12.6. The molecule has 1 aromatic heterocycles. The van der Waals surface area contributed by atoms with Gasteiger partial charge in [0.2, 0.25) is 0 Å². The Balaban J connectivity index is 2.06. The van der Waals surface area contributed by atoms with Crippen LogP contribution in [0.3, 0.4) is 0 Å². The van der Waals surface area contributed by atoms with E-state index in [-0.39, 0.29) is 10.6 Å². The summed E-state index contributed by atoms with van der Waals surface area (Å²) in [5.41, 5.74) is 2.85. The fourth-order valence-corrected chi connectivity index (χ4v) is 3.78. The Labute approximate surface area is 138 Å². The smallest absolute Gasteiger partial charge is 0.270 e. The van der Waals surface area contributed by atoms with Crippen molar-refractivity contribution in [1.82, 2.24) is 4.98 Å². The largest absolute Gasteiger partial charge is 0.359 e. The summed E-state index contributed by atoms with van der Waals surface area (Å²) in [5.74, 6) is 0. The van der Waals surface area contributed by atoms with E-state index in [1.807, 2.05) is 26.1 Å². The van der Waals surface area contributed by atoms with Crippen LogP contribution in [0.4, 0.5) is 11.4 Å². The number of rotatable bonds is 4. The number of hydrogen-bond donors (Lipinski definition) is 2. The second-order valence-electron chi connectivity index (χ2n) is 5.51. The van der Waals surface area contributed by atoms with Gasteiger partial charge in [0.05, 0.1) is 21.0 Å². The normalized spacial score (nSPS) is 11.6. The minimum Gasteiger partial charge on any atom is -0.359 e. The van der Waals surface area contributed by atoms with Crippen molar-refractivity contribution in [3.05, 3.63) is 63.8 Å². The molecule has 0 saturated carbocycles. The molecule has 1 heterocycles. The van der Waals surface area contributed by atoms with E-state index in [4.69, 9.17) is 0 Å². The monoisotopic (exact) mass is 345 g/mol. The van der Waals surface area contributed by atoms with E-state index in [1.165, 1.54) is 18.2 Å². The molecule has 24 heavy (non-hydrogen) atoms. The lowest BCUT2D eigenvalue weighted by Gasteiger charge is -2.10. The summed E-state index contributed by atoms with van der Waals surface area (Å²) in [6.45, 7) is 3.88. The predicted molar refractivity (Wildman–Crippen MR) is 91.7 cm³/mol. The molecule has 0 aliphatic carbocycles. The Morgan fingerprint density at radius 2 is 1.88 bits per heavy atom. The van der Waals surface area contributed by atoms with Crippen LogP contribution in [-0.2, 0) is 10.0 Å². The summed E-state index contributed by atoms with van der Waals surface area (Å²) in [7, 11) is -3.94. The molecule has 0 fully saturated rings. The molecule has 0 amide bonds. The first kappa shape index (κ1) is 16.0. The fraction of sp³-hybridized carbons (Fsp3) is 0.125. The summed E-state index contributed by atoms with van der Waals surface area (Å²) in [6.07, 6.45) is 1.81. The molecule has 3 aromatic rings. The van der Waals surface area contributed by atoms with Gasteiger partial charge < -0.3 is 4.98 Å². The van der Waals surface area contributed by atoms with Crippen molar-refractivity contribution < 1.29 is 13.3 Å². The van der Waals surface area contributed by atoms with Crippen molar-refractivity contribution in [2.24, 2.45) is 0 Å². The van der Waals surface area contributed by atoms with Crippen LogP contribution in [0.1, 0.15) is 11.1 Å². The lowest BCUT2D eigenvalue weighted by molar-refractivity contribution is -0.385. The Morgan fingerprint density at radius 3 is 2.58 bits per heavy atom. The molecule has 2 N–H and O–H groups in total. The van der Waals surface area contributed by atoms with E-state index in [0.717, 1.165) is 22.6 Å². The van der Waals surface area contributed by atoms with E-state index < -0.39 is 14.9 Å². The maximum absolute atomic E-state index is 12.6. The standard InChI is InChI=1S/C16H15N3O4S/c1-10-6-7-14(16-15(10)11(2)9-17-16)18-24(22,23)13-5-3-4-12(8-13)19(20)21/h3-9,17-18H,1-2H3. The van der Waals surface area contributed by atoms with Gasteiger partial charge in [-0.2, -0.15) is 0 Å². The fourth-order valence-electron chi connectivity index (χ4n) is 2.67. The van der Waals surface area contributed by atoms with E-state index in [0.29, 0.717) is 11.2 Å². The van der Waals surface area contributed by atoms with Crippen molar-refractivity contribution >= 4 is 32.3 Å². The number of aryl methyl sites for hydroxylation is 2. The van der Waals surface area contributed by atoms with Crippen LogP contribution in [0.2, 0.25) is 0 Å². The molecule has 2 aromatic carbocycles. The van der Waals surface area contributed by atoms with Gasteiger partial charge in [-0.1, -0.05) is 12.1 Å². The molecule has 0 saturated heterocycles. The maximum Gasteiger partial charge on any atom is 0.270 e. The predicted octanol–water partition coefficient (Wildman–Crippen LogP) is 3.49. The first-order valence-corrected chi connectivity index (χ1v) is 8.62. The van der Waals surface area contributed by atoms with Crippen molar-refractivity contribution in [2.45, 2.75) is 18.7 Å². The molecular weight excluding hydrogens is 330 g/mol. The Hall–Kier alpha value is -2.87. The summed E-state index contributed by atoms with van der Waals surface area (Å²) < 4.78 is 27.6. The molecule has 8 heteroatoms. The van der Waals surface area contributed by atoms with E-state index in [2.05, 4.69) is 9.71 Å². The molecule has 0 bridgehead atoms. The van der Waals surface area contributed by atoms with Gasteiger partial charge in [0, 0.05) is 23.7 Å². The van der Waals surface area contributed by atoms with E-state index in [9.17, 15) is 18.5 Å². The second kappa shape index (κ2) is 5.64. The first-order valence-electron chi connectivity index (χ1n) is 7.14. The van der Waals surface area contributed by atoms with Gasteiger partial charge in [0.1, 0.15) is 0 Å². The van der Waals surface area contributed by atoms with Gasteiger partial charge in [0.25, 0.3) is 15.7 Å². The number of sulfonamides is 1. The van der Waals surface area contributed by atoms with Gasteiger partial charge in [-0.3, -0.25) is 14.8 Å². The molecule has 3 rings (SSSR count). The van der Waals surface area contributed by atoms with E-state index in [1.54, 1.807) is 6.07 Å². The number of aromatic amines is 1. The molecular formula is C16H15N3O4S. The Morgan fingerprint density at radius 1 is 1.12 bits per heavy atom. The number of fused-ring (bicyclic) bond motifs is 1. The van der Waals surface area contributed by atoms with E-state index >= 15 is 0 Å². The van der Waals surface area contributed by atoms with Gasteiger partial charge in [-0.25, -0.2) is 8.42 Å². The second-order valence-corrected chi connectivity index (χ2v) is 7.19. The number of aromatic nitrogens is 1. The average molecular weight is 345 g/mol. The van der Waals surface area contributed by atoms with Crippen molar-refractivity contribution in [3.8, 4) is 0 Å². The lowest BCUT2D eigenvalue weighted by atomic mass is 10.1. The van der Waals surface area contributed by atoms with Crippen LogP contribution in [0.25, 0.3) is 10.9 Å². The zero-order valence-corrected chi connectivity index (χ0v) is 13.8. The Kier molecular flexibility index (Phi) is 3.76. The highest BCUT2D eigenvalue weighted by molar-refractivity contribution is 7.92. The first-order chi connectivity index (χ1) is 11.3. The average Bonchev–Trinajstić information content (AvgIpc) is 2.93. The van der Waals surface area contributed by atoms with Gasteiger partial charge in [-0.05, 0) is 37.1 Å². The summed E-state index contributed by atoms with van der Waals surface area (Å²) in [5, 5.41) is 11.8. The van der Waals surface area contributed by atoms with Gasteiger partial charge >= 0.3 is 0 Å². The van der Waals surface area contributed by atoms with Crippen LogP contribution in [0, 0.1) is 24.0 Å². The van der Waals surface area contributed by atoms with Crippen LogP contribution < -0.4 is 4.72 Å². The number of nitro benzene ring substituents is 1. The van der Waals surface area contributed by atoms with Crippen LogP contribution in [0.15, 0.2) is 47.5 Å². The summed E-state index contributed by atoms with van der Waals surface area (Å²) in [6, 6.07) is 8.44. The lowest BCUT2D eigenvalue weighted by Crippen LogP contribution is -2.13. The molecule has 0 aliphatic rings. The topological polar surface area (TPSA) is 105 Å². The number of hydrogen-bond acceptors (Lipinski definition) is 4.